The quantitative estimate of drug-likeness (QED) is 0.572. The summed E-state index contributed by atoms with van der Waals surface area (Å²) in [4.78, 5) is 8.69. The molecule has 0 atom stereocenters. The third kappa shape index (κ3) is 3.72. The van der Waals surface area contributed by atoms with Gasteiger partial charge in [-0.2, -0.15) is 0 Å². The zero-order valence-corrected chi connectivity index (χ0v) is 15.3. The molecule has 4 heteroatoms. The molecule has 2 heterocycles. The topological polar surface area (TPSA) is 25.8 Å². The lowest BCUT2D eigenvalue weighted by atomic mass is 9.89. The molecule has 0 fully saturated rings. The van der Waals surface area contributed by atoms with Crippen LogP contribution >= 0.6 is 11.6 Å². The highest BCUT2D eigenvalue weighted by molar-refractivity contribution is 6.33. The first-order chi connectivity index (χ1) is 11.9. The van der Waals surface area contributed by atoms with E-state index < -0.39 is 12.1 Å². The molecule has 0 spiro atoms. The number of hydrogen-bond acceptors (Lipinski definition) is 2. The van der Waals surface area contributed by atoms with Crippen molar-refractivity contribution in [3.8, 4) is 22.3 Å². The van der Waals surface area contributed by atoms with Gasteiger partial charge in [-0.15, -0.1) is 0 Å². The molecule has 2 aromatic heterocycles. The SMILES string of the molecule is Cc1ccc(-c2cncc(-c3ccnc(C(C)(C)CF)c3)c2)c(Cl)c1. The van der Waals surface area contributed by atoms with Gasteiger partial charge in [-0.1, -0.05) is 37.6 Å². The first-order valence-electron chi connectivity index (χ1n) is 8.15. The maximum absolute atomic E-state index is 13.3. The minimum atomic E-state index is -0.610. The second kappa shape index (κ2) is 6.93. The largest absolute Gasteiger partial charge is 0.263 e. The van der Waals surface area contributed by atoms with E-state index in [-0.39, 0.29) is 0 Å². The smallest absolute Gasteiger partial charge is 0.100 e. The number of hydrogen-bond donors (Lipinski definition) is 0. The van der Waals surface area contributed by atoms with E-state index in [1.807, 2.05) is 57.2 Å². The molecule has 0 radical (unpaired) electrons. The van der Waals surface area contributed by atoms with Crippen LogP contribution in [0.15, 0.2) is 55.0 Å². The molecule has 2 nitrogen and oxygen atoms in total. The van der Waals surface area contributed by atoms with Crippen LogP contribution in [0.3, 0.4) is 0 Å². The van der Waals surface area contributed by atoms with Gasteiger partial charge in [0.2, 0.25) is 0 Å². The zero-order chi connectivity index (χ0) is 18.0. The maximum Gasteiger partial charge on any atom is 0.100 e. The maximum atomic E-state index is 13.3. The number of alkyl halides is 1. The first-order valence-corrected chi connectivity index (χ1v) is 8.53. The summed E-state index contributed by atoms with van der Waals surface area (Å²) in [5.74, 6) is 0. The minimum absolute atomic E-state index is 0.458. The number of aromatic nitrogens is 2. The summed E-state index contributed by atoms with van der Waals surface area (Å²) in [6.45, 7) is 5.25. The summed E-state index contributed by atoms with van der Waals surface area (Å²) in [7, 11) is 0. The van der Waals surface area contributed by atoms with Gasteiger partial charge >= 0.3 is 0 Å². The van der Waals surface area contributed by atoms with Crippen LogP contribution in [-0.2, 0) is 5.41 Å². The van der Waals surface area contributed by atoms with E-state index >= 15 is 0 Å². The number of pyridine rings is 2. The second-order valence-electron chi connectivity index (χ2n) is 6.89. The molecular formula is C21H20ClFN2. The van der Waals surface area contributed by atoms with Crippen LogP contribution in [-0.4, -0.2) is 16.6 Å². The van der Waals surface area contributed by atoms with Gasteiger partial charge in [0.1, 0.15) is 6.67 Å². The Kier molecular flexibility index (Phi) is 4.87. The molecule has 0 bridgehead atoms. The van der Waals surface area contributed by atoms with Gasteiger partial charge < -0.3 is 0 Å². The fraction of sp³-hybridized carbons (Fsp3) is 0.238. The van der Waals surface area contributed by atoms with Gasteiger partial charge in [0.25, 0.3) is 0 Å². The van der Waals surface area contributed by atoms with Crippen molar-refractivity contribution in [1.82, 2.24) is 9.97 Å². The Hall–Kier alpha value is -2.26. The molecule has 0 saturated carbocycles. The molecule has 0 saturated heterocycles. The van der Waals surface area contributed by atoms with Crippen LogP contribution in [0.5, 0.6) is 0 Å². The molecule has 0 amide bonds. The standard InChI is InChI=1S/C21H20ClFN2/c1-14-4-5-18(19(22)8-14)17-9-16(11-24-12-17)15-6-7-25-20(10-15)21(2,3)13-23/h4-12H,13H2,1-3H3. The van der Waals surface area contributed by atoms with Gasteiger partial charge in [-0.25, -0.2) is 0 Å². The summed E-state index contributed by atoms with van der Waals surface area (Å²) in [6, 6.07) is 11.9. The number of benzene rings is 1. The molecule has 128 valence electrons. The number of halogens is 2. The van der Waals surface area contributed by atoms with E-state index in [1.54, 1.807) is 18.6 Å². The van der Waals surface area contributed by atoms with Crippen LogP contribution < -0.4 is 0 Å². The molecule has 3 rings (SSSR count). The molecule has 0 unspecified atom stereocenters. The Balaban J connectivity index is 2.04. The minimum Gasteiger partial charge on any atom is -0.263 e. The van der Waals surface area contributed by atoms with E-state index in [0.717, 1.165) is 33.5 Å². The van der Waals surface area contributed by atoms with Crippen molar-refractivity contribution in [2.75, 3.05) is 6.67 Å². The number of aryl methyl sites for hydroxylation is 1. The monoisotopic (exact) mass is 354 g/mol. The lowest BCUT2D eigenvalue weighted by molar-refractivity contribution is 0.344. The summed E-state index contributed by atoms with van der Waals surface area (Å²) < 4.78 is 13.3. The molecule has 0 aliphatic rings. The van der Waals surface area contributed by atoms with Crippen LogP contribution in [0.2, 0.25) is 5.02 Å². The number of rotatable bonds is 4. The lowest BCUT2D eigenvalue weighted by Crippen LogP contribution is -2.21. The van der Waals surface area contributed by atoms with E-state index in [1.165, 1.54) is 0 Å². The van der Waals surface area contributed by atoms with Crippen molar-refractivity contribution in [2.24, 2.45) is 0 Å². The molecule has 1 aromatic carbocycles. The van der Waals surface area contributed by atoms with Crippen LogP contribution in [0.25, 0.3) is 22.3 Å². The third-order valence-corrected chi connectivity index (χ3v) is 4.61. The van der Waals surface area contributed by atoms with Gasteiger partial charge in [0.15, 0.2) is 0 Å². The van der Waals surface area contributed by atoms with Crippen molar-refractivity contribution >= 4 is 11.6 Å². The Morgan fingerprint density at radius 1 is 1.00 bits per heavy atom. The Morgan fingerprint density at radius 3 is 2.48 bits per heavy atom. The van der Waals surface area contributed by atoms with Crippen LogP contribution in [0.1, 0.15) is 25.1 Å². The highest BCUT2D eigenvalue weighted by Gasteiger charge is 2.22. The van der Waals surface area contributed by atoms with Crippen LogP contribution in [0.4, 0.5) is 4.39 Å². The first kappa shape index (κ1) is 17.6. The van der Waals surface area contributed by atoms with E-state index in [0.29, 0.717) is 5.02 Å². The summed E-state index contributed by atoms with van der Waals surface area (Å²) in [5, 5.41) is 0.702. The summed E-state index contributed by atoms with van der Waals surface area (Å²) >= 11 is 6.39. The highest BCUT2D eigenvalue weighted by atomic mass is 35.5. The molecule has 3 aromatic rings. The molecular weight excluding hydrogens is 335 g/mol. The van der Waals surface area contributed by atoms with E-state index in [9.17, 15) is 4.39 Å². The van der Waals surface area contributed by atoms with Gasteiger partial charge in [-0.05, 0) is 42.3 Å². The van der Waals surface area contributed by atoms with Gasteiger partial charge in [-0.3, -0.25) is 14.4 Å². The Bertz CT molecular complexity index is 906. The summed E-state index contributed by atoms with van der Waals surface area (Å²) in [5.41, 5.74) is 5.04. The predicted molar refractivity (Wildman–Crippen MR) is 102 cm³/mol. The van der Waals surface area contributed by atoms with Gasteiger partial charge in [0.05, 0.1) is 0 Å². The Morgan fingerprint density at radius 2 is 1.76 bits per heavy atom. The molecule has 0 aliphatic heterocycles. The molecule has 0 aliphatic carbocycles. The third-order valence-electron chi connectivity index (χ3n) is 4.29. The zero-order valence-electron chi connectivity index (χ0n) is 14.6. The van der Waals surface area contributed by atoms with E-state index in [2.05, 4.69) is 9.97 Å². The second-order valence-corrected chi connectivity index (χ2v) is 7.30. The van der Waals surface area contributed by atoms with Crippen molar-refractivity contribution in [3.63, 3.8) is 0 Å². The average molecular weight is 355 g/mol. The lowest BCUT2D eigenvalue weighted by Gasteiger charge is -2.20. The fourth-order valence-corrected chi connectivity index (χ4v) is 2.99. The Labute approximate surface area is 152 Å². The fourth-order valence-electron chi connectivity index (χ4n) is 2.65. The molecule has 0 N–H and O–H groups in total. The van der Waals surface area contributed by atoms with Crippen LogP contribution in [0, 0.1) is 6.92 Å². The molecule has 25 heavy (non-hydrogen) atoms. The normalized spacial score (nSPS) is 11.6. The van der Waals surface area contributed by atoms with Crippen molar-refractivity contribution < 1.29 is 4.39 Å². The van der Waals surface area contributed by atoms with Crippen molar-refractivity contribution in [2.45, 2.75) is 26.2 Å². The average Bonchev–Trinajstić information content (AvgIpc) is 2.62. The van der Waals surface area contributed by atoms with E-state index in [4.69, 9.17) is 11.6 Å². The van der Waals surface area contributed by atoms with Gasteiger partial charge in [0, 0.05) is 51.4 Å². The summed E-state index contributed by atoms with van der Waals surface area (Å²) in [6.07, 6.45) is 5.31. The number of nitrogens with zero attached hydrogens (tertiary/aromatic N) is 2. The highest BCUT2D eigenvalue weighted by Crippen LogP contribution is 2.32. The van der Waals surface area contributed by atoms with Crippen molar-refractivity contribution in [3.05, 3.63) is 71.3 Å². The van der Waals surface area contributed by atoms with Crippen molar-refractivity contribution in [1.29, 1.82) is 0 Å². The predicted octanol–water partition coefficient (Wildman–Crippen LogP) is 6.02.